The molecule has 1 aromatic carbocycles. The maximum Gasteiger partial charge on any atom is 0.224 e. The van der Waals surface area contributed by atoms with Crippen molar-refractivity contribution in [2.45, 2.75) is 19.3 Å². The Kier molecular flexibility index (Phi) is 6.43. The first-order chi connectivity index (χ1) is 8.67. The van der Waals surface area contributed by atoms with E-state index in [4.69, 9.17) is 10.5 Å². The smallest absolute Gasteiger partial charge is 0.224 e. The Bertz CT molecular complexity index is 397. The van der Waals surface area contributed by atoms with Gasteiger partial charge in [-0.25, -0.2) is 0 Å². The SMILES string of the molecule is COc1ccc(N)c(NC(=O)CCCCSC)c1. The van der Waals surface area contributed by atoms with Crippen molar-refractivity contribution in [1.82, 2.24) is 0 Å². The fourth-order valence-electron chi connectivity index (χ4n) is 1.52. The third kappa shape index (κ3) is 4.87. The number of ether oxygens (including phenoxy) is 1. The van der Waals surface area contributed by atoms with Crippen molar-refractivity contribution in [2.75, 3.05) is 30.2 Å². The molecular formula is C13H20N2O2S. The number of methoxy groups -OCH3 is 1. The zero-order valence-electron chi connectivity index (χ0n) is 10.9. The van der Waals surface area contributed by atoms with Gasteiger partial charge in [0.25, 0.3) is 0 Å². The summed E-state index contributed by atoms with van der Waals surface area (Å²) in [7, 11) is 1.58. The van der Waals surface area contributed by atoms with Crippen molar-refractivity contribution < 1.29 is 9.53 Å². The van der Waals surface area contributed by atoms with E-state index in [1.165, 1.54) is 0 Å². The molecule has 0 aliphatic rings. The molecule has 18 heavy (non-hydrogen) atoms. The van der Waals surface area contributed by atoms with Gasteiger partial charge in [-0.1, -0.05) is 0 Å². The van der Waals surface area contributed by atoms with Crippen LogP contribution in [0.1, 0.15) is 19.3 Å². The summed E-state index contributed by atoms with van der Waals surface area (Å²) in [5.41, 5.74) is 6.96. The van der Waals surface area contributed by atoms with E-state index in [0.29, 0.717) is 23.5 Å². The number of hydrogen-bond acceptors (Lipinski definition) is 4. The zero-order chi connectivity index (χ0) is 13.4. The lowest BCUT2D eigenvalue weighted by atomic mass is 10.2. The van der Waals surface area contributed by atoms with E-state index in [9.17, 15) is 4.79 Å². The molecule has 0 radical (unpaired) electrons. The van der Waals surface area contributed by atoms with Crippen LogP contribution < -0.4 is 15.8 Å². The minimum atomic E-state index is -0.00365. The second kappa shape index (κ2) is 7.87. The number of carbonyl (C=O) groups excluding carboxylic acids is 1. The highest BCUT2D eigenvalue weighted by Crippen LogP contribution is 2.24. The Morgan fingerprint density at radius 3 is 2.89 bits per heavy atom. The van der Waals surface area contributed by atoms with Gasteiger partial charge in [0.05, 0.1) is 18.5 Å². The largest absolute Gasteiger partial charge is 0.497 e. The highest BCUT2D eigenvalue weighted by molar-refractivity contribution is 7.98. The number of hydrogen-bond donors (Lipinski definition) is 2. The van der Waals surface area contributed by atoms with Crippen LogP contribution in [0.25, 0.3) is 0 Å². The maximum atomic E-state index is 11.7. The van der Waals surface area contributed by atoms with Crippen molar-refractivity contribution in [3.8, 4) is 5.75 Å². The third-order valence-corrected chi connectivity index (χ3v) is 3.23. The Labute approximate surface area is 112 Å². The topological polar surface area (TPSA) is 64.3 Å². The first-order valence-electron chi connectivity index (χ1n) is 5.89. The molecule has 0 saturated carbocycles. The molecule has 0 fully saturated rings. The average molecular weight is 268 g/mol. The number of nitrogens with one attached hydrogen (secondary N) is 1. The molecule has 0 atom stereocenters. The first-order valence-corrected chi connectivity index (χ1v) is 7.29. The first kappa shape index (κ1) is 14.7. The maximum absolute atomic E-state index is 11.7. The van der Waals surface area contributed by atoms with Crippen molar-refractivity contribution in [3.05, 3.63) is 18.2 Å². The van der Waals surface area contributed by atoms with Crippen LogP contribution in [0.15, 0.2) is 18.2 Å². The molecule has 1 amide bonds. The van der Waals surface area contributed by atoms with Crippen molar-refractivity contribution in [1.29, 1.82) is 0 Å². The number of benzene rings is 1. The van der Waals surface area contributed by atoms with E-state index < -0.39 is 0 Å². The lowest BCUT2D eigenvalue weighted by molar-refractivity contribution is -0.116. The molecule has 100 valence electrons. The fourth-order valence-corrected chi connectivity index (χ4v) is 2.01. The molecule has 0 saturated heterocycles. The average Bonchev–Trinajstić information content (AvgIpc) is 2.37. The fraction of sp³-hybridized carbons (Fsp3) is 0.462. The quantitative estimate of drug-likeness (QED) is 0.589. The van der Waals surface area contributed by atoms with Gasteiger partial charge in [0, 0.05) is 12.5 Å². The highest BCUT2D eigenvalue weighted by Gasteiger charge is 2.06. The van der Waals surface area contributed by atoms with Crippen LogP contribution in [0.2, 0.25) is 0 Å². The van der Waals surface area contributed by atoms with E-state index in [-0.39, 0.29) is 5.91 Å². The van der Waals surface area contributed by atoms with Gasteiger partial charge in [-0.3, -0.25) is 4.79 Å². The molecule has 0 heterocycles. The molecule has 0 unspecified atom stereocenters. The van der Waals surface area contributed by atoms with E-state index in [2.05, 4.69) is 11.6 Å². The molecule has 3 N–H and O–H groups in total. The van der Waals surface area contributed by atoms with Crippen molar-refractivity contribution >= 4 is 29.0 Å². The third-order valence-electron chi connectivity index (χ3n) is 2.54. The van der Waals surface area contributed by atoms with Crippen molar-refractivity contribution in [3.63, 3.8) is 0 Å². The Morgan fingerprint density at radius 1 is 1.44 bits per heavy atom. The van der Waals surface area contributed by atoms with E-state index in [0.717, 1.165) is 18.6 Å². The summed E-state index contributed by atoms with van der Waals surface area (Å²) in [6.45, 7) is 0. The summed E-state index contributed by atoms with van der Waals surface area (Å²) in [5, 5.41) is 2.81. The van der Waals surface area contributed by atoms with Crippen molar-refractivity contribution in [2.24, 2.45) is 0 Å². The second-order valence-electron chi connectivity index (χ2n) is 3.95. The number of unbranched alkanes of at least 4 members (excludes halogenated alkanes) is 1. The van der Waals surface area contributed by atoms with E-state index >= 15 is 0 Å². The van der Waals surface area contributed by atoms with Crippen LogP contribution in [-0.2, 0) is 4.79 Å². The zero-order valence-corrected chi connectivity index (χ0v) is 11.7. The number of anilines is 2. The molecule has 1 rings (SSSR count). The number of rotatable bonds is 7. The van der Waals surface area contributed by atoms with Gasteiger partial charge in [-0.05, 0) is 37.0 Å². The molecule has 0 aliphatic carbocycles. The van der Waals surface area contributed by atoms with Gasteiger partial charge in [0.2, 0.25) is 5.91 Å². The highest BCUT2D eigenvalue weighted by atomic mass is 32.2. The lowest BCUT2D eigenvalue weighted by Gasteiger charge is -2.09. The molecule has 1 aromatic rings. The summed E-state index contributed by atoms with van der Waals surface area (Å²) in [5.74, 6) is 1.77. The summed E-state index contributed by atoms with van der Waals surface area (Å²) in [6.07, 6.45) is 4.55. The predicted molar refractivity (Wildman–Crippen MR) is 78.3 cm³/mol. The van der Waals surface area contributed by atoms with Gasteiger partial charge in [-0.15, -0.1) is 0 Å². The van der Waals surface area contributed by atoms with Crippen LogP contribution in [0, 0.1) is 0 Å². The number of carbonyl (C=O) groups is 1. The minimum absolute atomic E-state index is 0.00365. The predicted octanol–water partition coefficient (Wildman–Crippen LogP) is 2.75. The molecule has 0 aliphatic heterocycles. The van der Waals surface area contributed by atoms with Crippen LogP contribution in [0.5, 0.6) is 5.75 Å². The Balaban J connectivity index is 2.48. The molecule has 0 spiro atoms. The lowest BCUT2D eigenvalue weighted by Crippen LogP contribution is -2.12. The van der Waals surface area contributed by atoms with Crippen LogP contribution >= 0.6 is 11.8 Å². The molecule has 0 aromatic heterocycles. The number of amides is 1. The minimum Gasteiger partial charge on any atom is -0.497 e. The van der Waals surface area contributed by atoms with Gasteiger partial charge >= 0.3 is 0 Å². The molecule has 0 bridgehead atoms. The number of thioether (sulfide) groups is 1. The monoisotopic (exact) mass is 268 g/mol. The summed E-state index contributed by atoms with van der Waals surface area (Å²) in [6, 6.07) is 5.22. The second-order valence-corrected chi connectivity index (χ2v) is 4.94. The van der Waals surface area contributed by atoms with Gasteiger partial charge in [-0.2, -0.15) is 11.8 Å². The van der Waals surface area contributed by atoms with Crippen LogP contribution in [0.3, 0.4) is 0 Å². The van der Waals surface area contributed by atoms with E-state index in [1.54, 1.807) is 37.1 Å². The molecule has 5 heteroatoms. The molecular weight excluding hydrogens is 248 g/mol. The Morgan fingerprint density at radius 2 is 2.22 bits per heavy atom. The summed E-state index contributed by atoms with van der Waals surface area (Å²) < 4.78 is 5.09. The number of nitrogen functional groups attached to an aromatic ring is 1. The van der Waals surface area contributed by atoms with Gasteiger partial charge in [0.1, 0.15) is 5.75 Å². The van der Waals surface area contributed by atoms with E-state index in [1.807, 2.05) is 0 Å². The van der Waals surface area contributed by atoms with Gasteiger partial charge in [0.15, 0.2) is 0 Å². The Hall–Kier alpha value is -1.36. The molecule has 4 nitrogen and oxygen atoms in total. The normalized spacial score (nSPS) is 10.1. The summed E-state index contributed by atoms with van der Waals surface area (Å²) in [4.78, 5) is 11.7. The van der Waals surface area contributed by atoms with Gasteiger partial charge < -0.3 is 15.8 Å². The number of nitrogens with two attached hydrogens (primary N) is 1. The summed E-state index contributed by atoms with van der Waals surface area (Å²) >= 11 is 1.80. The standard InChI is InChI=1S/C13H20N2O2S/c1-17-10-6-7-11(14)12(9-10)15-13(16)5-3-4-8-18-2/h6-7,9H,3-5,8,14H2,1-2H3,(H,15,16). The van der Waals surface area contributed by atoms with Crippen LogP contribution in [-0.4, -0.2) is 25.0 Å². The van der Waals surface area contributed by atoms with Crippen LogP contribution in [0.4, 0.5) is 11.4 Å².